The van der Waals surface area contributed by atoms with Gasteiger partial charge in [0.25, 0.3) is 0 Å². The molecule has 1 fully saturated rings. The van der Waals surface area contributed by atoms with Gasteiger partial charge in [0, 0.05) is 31.5 Å². The summed E-state index contributed by atoms with van der Waals surface area (Å²) in [5.74, 6) is 0. The lowest BCUT2D eigenvalue weighted by Gasteiger charge is -2.38. The van der Waals surface area contributed by atoms with Gasteiger partial charge in [-0.05, 0) is 46.5 Å². The van der Waals surface area contributed by atoms with E-state index in [4.69, 9.17) is 4.74 Å². The molecule has 0 aromatic rings. The van der Waals surface area contributed by atoms with Gasteiger partial charge in [0.05, 0.1) is 6.10 Å². The summed E-state index contributed by atoms with van der Waals surface area (Å²) in [5.41, 5.74) is 2.76. The quantitative estimate of drug-likeness (QED) is 0.792. The second-order valence-electron chi connectivity index (χ2n) is 5.26. The summed E-state index contributed by atoms with van der Waals surface area (Å²) >= 11 is 0. The molecule has 0 aromatic carbocycles. The Morgan fingerprint density at radius 3 is 2.39 bits per heavy atom. The Kier molecular flexibility index (Phi) is 6.72. The second-order valence-corrected chi connectivity index (χ2v) is 5.26. The highest BCUT2D eigenvalue weighted by Crippen LogP contribution is 2.24. The van der Waals surface area contributed by atoms with Crippen LogP contribution in [-0.2, 0) is 4.74 Å². The van der Waals surface area contributed by atoms with Crippen LogP contribution in [0.2, 0.25) is 0 Å². The molecule has 1 heterocycles. The number of hydrogen-bond donors (Lipinski definition) is 1. The lowest BCUT2D eigenvalue weighted by atomic mass is 10.0. The van der Waals surface area contributed by atoms with E-state index in [2.05, 4.69) is 25.7 Å². The van der Waals surface area contributed by atoms with Crippen LogP contribution in [0.5, 0.6) is 0 Å². The van der Waals surface area contributed by atoms with Crippen molar-refractivity contribution in [3.63, 3.8) is 0 Å². The van der Waals surface area contributed by atoms with Gasteiger partial charge in [0.15, 0.2) is 0 Å². The van der Waals surface area contributed by atoms with E-state index in [1.54, 1.807) is 0 Å². The minimum Gasteiger partial charge on any atom is -0.393 e. The summed E-state index contributed by atoms with van der Waals surface area (Å²) in [4.78, 5) is 2.53. The van der Waals surface area contributed by atoms with Crippen LogP contribution in [0.25, 0.3) is 0 Å². The van der Waals surface area contributed by atoms with Gasteiger partial charge in [-0.25, -0.2) is 0 Å². The molecule has 106 valence electrons. The lowest BCUT2D eigenvalue weighted by molar-refractivity contribution is 0.0456. The first-order valence-electron chi connectivity index (χ1n) is 7.31. The average Bonchev–Trinajstić information content (AvgIpc) is 2.35. The molecule has 0 amide bonds. The smallest absolute Gasteiger partial charge is 0.0549 e. The number of aliphatic hydroxyl groups is 1. The van der Waals surface area contributed by atoms with Crippen molar-refractivity contribution >= 4 is 0 Å². The summed E-state index contributed by atoms with van der Waals surface area (Å²) in [5, 5.41) is 9.56. The fourth-order valence-corrected chi connectivity index (χ4v) is 2.98. The minimum atomic E-state index is -0.250. The second kappa shape index (κ2) is 7.80. The van der Waals surface area contributed by atoms with E-state index in [9.17, 15) is 5.11 Å². The third-order valence-electron chi connectivity index (χ3n) is 3.75. The fourth-order valence-electron chi connectivity index (χ4n) is 2.98. The predicted molar refractivity (Wildman–Crippen MR) is 75.5 cm³/mol. The number of ether oxygens (including phenoxy) is 1. The molecule has 0 saturated carbocycles. The van der Waals surface area contributed by atoms with Crippen LogP contribution in [-0.4, -0.2) is 41.9 Å². The van der Waals surface area contributed by atoms with Gasteiger partial charge >= 0.3 is 0 Å². The Labute approximate surface area is 112 Å². The molecule has 0 aliphatic carbocycles. The van der Waals surface area contributed by atoms with Gasteiger partial charge in [0.1, 0.15) is 0 Å². The molecule has 1 aliphatic heterocycles. The molecule has 0 spiro atoms. The highest BCUT2D eigenvalue weighted by atomic mass is 16.5. The topological polar surface area (TPSA) is 32.7 Å². The summed E-state index contributed by atoms with van der Waals surface area (Å²) in [6.07, 6.45) is 3.82. The Morgan fingerprint density at radius 2 is 1.94 bits per heavy atom. The Morgan fingerprint density at radius 1 is 1.33 bits per heavy atom. The molecule has 3 nitrogen and oxygen atoms in total. The predicted octanol–water partition coefficient (Wildman–Crippen LogP) is 2.94. The van der Waals surface area contributed by atoms with Crippen LogP contribution < -0.4 is 0 Å². The van der Waals surface area contributed by atoms with Gasteiger partial charge in [0.2, 0.25) is 0 Å². The zero-order chi connectivity index (χ0) is 13.5. The number of rotatable bonds is 6. The highest BCUT2D eigenvalue weighted by molar-refractivity contribution is 5.13. The molecular formula is C15H29NO2. The third kappa shape index (κ3) is 4.29. The van der Waals surface area contributed by atoms with Gasteiger partial charge in [-0.3, -0.25) is 0 Å². The van der Waals surface area contributed by atoms with Crippen molar-refractivity contribution in [2.45, 2.75) is 65.5 Å². The maximum Gasteiger partial charge on any atom is 0.0549 e. The molecule has 3 heteroatoms. The summed E-state index contributed by atoms with van der Waals surface area (Å²) in [6.45, 7) is 11.3. The lowest BCUT2D eigenvalue weighted by Crippen LogP contribution is -2.39. The van der Waals surface area contributed by atoms with Crippen LogP contribution in [0, 0.1) is 0 Å². The van der Waals surface area contributed by atoms with Crippen LogP contribution >= 0.6 is 0 Å². The average molecular weight is 255 g/mol. The molecule has 18 heavy (non-hydrogen) atoms. The van der Waals surface area contributed by atoms with Crippen molar-refractivity contribution in [3.05, 3.63) is 11.3 Å². The molecular weight excluding hydrogens is 226 g/mol. The van der Waals surface area contributed by atoms with Crippen molar-refractivity contribution in [1.82, 2.24) is 4.90 Å². The van der Waals surface area contributed by atoms with Crippen molar-refractivity contribution in [2.24, 2.45) is 0 Å². The zero-order valence-electron chi connectivity index (χ0n) is 12.4. The molecule has 1 unspecified atom stereocenters. The highest BCUT2D eigenvalue weighted by Gasteiger charge is 2.22. The van der Waals surface area contributed by atoms with E-state index >= 15 is 0 Å². The monoisotopic (exact) mass is 255 g/mol. The molecule has 1 atom stereocenters. The van der Waals surface area contributed by atoms with E-state index in [1.165, 1.54) is 11.3 Å². The standard InChI is InChI=1S/C15H29NO2/c1-5-15(12(3)11-13(4)17)16(6-2)14-7-9-18-10-8-14/h13-14,17H,5-11H2,1-4H3/b15-12+. The molecule has 1 N–H and O–H groups in total. The van der Waals surface area contributed by atoms with Crippen molar-refractivity contribution in [3.8, 4) is 0 Å². The Balaban J connectivity index is 2.81. The van der Waals surface area contributed by atoms with E-state index in [1.807, 2.05) is 6.92 Å². The SMILES string of the molecule is CC/C(=C(/C)CC(C)O)N(CC)C1CCOCC1. The van der Waals surface area contributed by atoms with E-state index in [0.717, 1.165) is 45.4 Å². The zero-order valence-corrected chi connectivity index (χ0v) is 12.4. The van der Waals surface area contributed by atoms with E-state index in [0.29, 0.717) is 6.04 Å². The Hall–Kier alpha value is -0.540. The van der Waals surface area contributed by atoms with Crippen molar-refractivity contribution in [1.29, 1.82) is 0 Å². The van der Waals surface area contributed by atoms with Gasteiger partial charge in [-0.15, -0.1) is 0 Å². The van der Waals surface area contributed by atoms with Crippen LogP contribution in [0.3, 0.4) is 0 Å². The van der Waals surface area contributed by atoms with E-state index in [-0.39, 0.29) is 6.10 Å². The number of aliphatic hydroxyl groups excluding tert-OH is 1. The van der Waals surface area contributed by atoms with Crippen LogP contribution in [0.4, 0.5) is 0 Å². The van der Waals surface area contributed by atoms with Crippen molar-refractivity contribution in [2.75, 3.05) is 19.8 Å². The van der Waals surface area contributed by atoms with E-state index < -0.39 is 0 Å². The molecule has 1 rings (SSSR count). The summed E-state index contributed by atoms with van der Waals surface area (Å²) in [7, 11) is 0. The number of hydrogen-bond acceptors (Lipinski definition) is 3. The number of nitrogens with zero attached hydrogens (tertiary/aromatic N) is 1. The summed E-state index contributed by atoms with van der Waals surface area (Å²) in [6, 6.07) is 0.614. The number of allylic oxidation sites excluding steroid dienone is 1. The van der Waals surface area contributed by atoms with Gasteiger partial charge in [-0.2, -0.15) is 0 Å². The summed E-state index contributed by atoms with van der Waals surface area (Å²) < 4.78 is 5.45. The first-order valence-corrected chi connectivity index (χ1v) is 7.31. The molecule has 0 bridgehead atoms. The third-order valence-corrected chi connectivity index (χ3v) is 3.75. The molecule has 0 radical (unpaired) electrons. The molecule has 0 aromatic heterocycles. The first kappa shape index (κ1) is 15.5. The minimum absolute atomic E-state index is 0.250. The fraction of sp³-hybridized carbons (Fsp3) is 0.867. The van der Waals surface area contributed by atoms with Crippen molar-refractivity contribution < 1.29 is 9.84 Å². The van der Waals surface area contributed by atoms with Gasteiger partial charge < -0.3 is 14.7 Å². The first-order chi connectivity index (χ1) is 8.60. The maximum absolute atomic E-state index is 9.56. The van der Waals surface area contributed by atoms with Crippen LogP contribution in [0.1, 0.15) is 53.4 Å². The molecule has 1 aliphatic rings. The Bertz CT molecular complexity index is 268. The van der Waals surface area contributed by atoms with Gasteiger partial charge in [-0.1, -0.05) is 12.5 Å². The normalized spacial score (nSPS) is 20.5. The molecule has 1 saturated heterocycles. The van der Waals surface area contributed by atoms with Crippen LogP contribution in [0.15, 0.2) is 11.3 Å². The largest absolute Gasteiger partial charge is 0.393 e. The maximum atomic E-state index is 9.56.